The standard InChI is InChI=1S/C14H26N4O2/c1-10(2)5-16-14(20)17-13(19)9-18-4-3-11-6-15-7-12(11)8-18/h10-12,15H,3-9H2,1-2H3,(H2,16,17,19,20). The minimum atomic E-state index is -0.388. The zero-order chi connectivity index (χ0) is 14.5. The molecule has 0 spiro atoms. The molecule has 0 aliphatic carbocycles. The van der Waals surface area contributed by atoms with Crippen molar-refractivity contribution in [3.8, 4) is 0 Å². The summed E-state index contributed by atoms with van der Waals surface area (Å²) in [4.78, 5) is 25.5. The van der Waals surface area contributed by atoms with Crippen molar-refractivity contribution in [1.29, 1.82) is 0 Å². The maximum Gasteiger partial charge on any atom is 0.321 e. The van der Waals surface area contributed by atoms with Crippen LogP contribution in [0, 0.1) is 17.8 Å². The summed E-state index contributed by atoms with van der Waals surface area (Å²) in [7, 11) is 0. The fraction of sp³-hybridized carbons (Fsp3) is 0.857. The molecule has 114 valence electrons. The van der Waals surface area contributed by atoms with Gasteiger partial charge in [0.1, 0.15) is 0 Å². The Labute approximate surface area is 120 Å². The number of likely N-dealkylation sites (tertiary alicyclic amines) is 1. The molecule has 0 aromatic carbocycles. The van der Waals surface area contributed by atoms with E-state index in [0.717, 1.165) is 38.5 Å². The lowest BCUT2D eigenvalue weighted by molar-refractivity contribution is -0.121. The molecule has 2 atom stereocenters. The van der Waals surface area contributed by atoms with Gasteiger partial charge in [0, 0.05) is 13.1 Å². The van der Waals surface area contributed by atoms with E-state index >= 15 is 0 Å². The Bertz CT molecular complexity index is 359. The fourth-order valence-electron chi connectivity index (χ4n) is 2.96. The van der Waals surface area contributed by atoms with Crippen LogP contribution in [0.2, 0.25) is 0 Å². The van der Waals surface area contributed by atoms with Gasteiger partial charge in [-0.05, 0) is 43.8 Å². The van der Waals surface area contributed by atoms with Crippen molar-refractivity contribution in [2.24, 2.45) is 17.8 Å². The summed E-state index contributed by atoms with van der Waals surface area (Å²) in [6.07, 6.45) is 1.14. The van der Waals surface area contributed by atoms with Gasteiger partial charge in [-0.2, -0.15) is 0 Å². The van der Waals surface area contributed by atoms with Crippen molar-refractivity contribution in [1.82, 2.24) is 20.9 Å². The highest BCUT2D eigenvalue weighted by Crippen LogP contribution is 2.25. The SMILES string of the molecule is CC(C)CNC(=O)NC(=O)CN1CCC2CNCC2C1. The fourth-order valence-corrected chi connectivity index (χ4v) is 2.96. The largest absolute Gasteiger partial charge is 0.338 e. The van der Waals surface area contributed by atoms with E-state index in [9.17, 15) is 9.59 Å². The van der Waals surface area contributed by atoms with Crippen LogP contribution in [0.4, 0.5) is 4.79 Å². The third-order valence-electron chi connectivity index (χ3n) is 4.08. The number of hydrogen-bond donors (Lipinski definition) is 3. The zero-order valence-corrected chi connectivity index (χ0v) is 12.4. The second-order valence-electron chi connectivity index (χ2n) is 6.35. The third-order valence-corrected chi connectivity index (χ3v) is 4.08. The zero-order valence-electron chi connectivity index (χ0n) is 12.4. The van der Waals surface area contributed by atoms with Crippen LogP contribution < -0.4 is 16.0 Å². The molecule has 3 N–H and O–H groups in total. The number of piperidine rings is 1. The first-order valence-corrected chi connectivity index (χ1v) is 7.55. The minimum absolute atomic E-state index is 0.212. The maximum atomic E-state index is 11.8. The summed E-state index contributed by atoms with van der Waals surface area (Å²) in [5, 5.41) is 8.49. The molecule has 2 heterocycles. The van der Waals surface area contributed by atoms with Gasteiger partial charge in [-0.25, -0.2) is 4.79 Å². The monoisotopic (exact) mass is 282 g/mol. The topological polar surface area (TPSA) is 73.5 Å². The van der Waals surface area contributed by atoms with E-state index in [1.165, 1.54) is 0 Å². The van der Waals surface area contributed by atoms with E-state index < -0.39 is 0 Å². The Hall–Kier alpha value is -1.14. The smallest absolute Gasteiger partial charge is 0.321 e. The second kappa shape index (κ2) is 7.04. The van der Waals surface area contributed by atoms with E-state index in [1.807, 2.05) is 13.8 Å². The highest BCUT2D eigenvalue weighted by molar-refractivity contribution is 5.95. The lowest BCUT2D eigenvalue weighted by Crippen LogP contribution is -2.48. The number of carbonyl (C=O) groups excluding carboxylic acids is 2. The number of hydrogen-bond acceptors (Lipinski definition) is 4. The molecule has 2 unspecified atom stereocenters. The lowest BCUT2D eigenvalue weighted by Gasteiger charge is -2.33. The highest BCUT2D eigenvalue weighted by Gasteiger charge is 2.33. The first kappa shape index (κ1) is 15.3. The Balaban J connectivity index is 1.68. The van der Waals surface area contributed by atoms with Crippen molar-refractivity contribution >= 4 is 11.9 Å². The average Bonchev–Trinajstić information content (AvgIpc) is 2.83. The molecular formula is C14H26N4O2. The summed E-state index contributed by atoms with van der Waals surface area (Å²) < 4.78 is 0. The van der Waals surface area contributed by atoms with Gasteiger partial charge in [-0.3, -0.25) is 15.0 Å². The number of urea groups is 1. The molecule has 6 nitrogen and oxygen atoms in total. The summed E-state index contributed by atoms with van der Waals surface area (Å²) in [5.74, 6) is 1.59. The van der Waals surface area contributed by atoms with Gasteiger partial charge < -0.3 is 10.6 Å². The van der Waals surface area contributed by atoms with Gasteiger partial charge in [-0.1, -0.05) is 13.8 Å². The van der Waals surface area contributed by atoms with Crippen LogP contribution in [0.1, 0.15) is 20.3 Å². The van der Waals surface area contributed by atoms with Crippen LogP contribution in [0.25, 0.3) is 0 Å². The number of amides is 3. The van der Waals surface area contributed by atoms with Crippen molar-refractivity contribution in [2.75, 3.05) is 39.3 Å². The number of imide groups is 1. The van der Waals surface area contributed by atoms with Gasteiger partial charge >= 0.3 is 6.03 Å². The van der Waals surface area contributed by atoms with E-state index in [2.05, 4.69) is 20.9 Å². The first-order valence-electron chi connectivity index (χ1n) is 7.55. The molecule has 0 bridgehead atoms. The van der Waals surface area contributed by atoms with E-state index in [-0.39, 0.29) is 11.9 Å². The molecule has 2 rings (SSSR count). The quantitative estimate of drug-likeness (QED) is 0.679. The molecule has 3 amide bonds. The Morgan fingerprint density at radius 1 is 1.30 bits per heavy atom. The number of nitrogens with zero attached hydrogens (tertiary/aromatic N) is 1. The summed E-state index contributed by atoms with van der Waals surface area (Å²) >= 11 is 0. The van der Waals surface area contributed by atoms with Gasteiger partial charge in [-0.15, -0.1) is 0 Å². The molecule has 2 fully saturated rings. The Kier molecular flexibility index (Phi) is 5.37. The van der Waals surface area contributed by atoms with Crippen LogP contribution in [-0.2, 0) is 4.79 Å². The number of rotatable bonds is 4. The van der Waals surface area contributed by atoms with E-state index in [4.69, 9.17) is 0 Å². The molecule has 0 radical (unpaired) electrons. The van der Waals surface area contributed by atoms with Gasteiger partial charge in [0.05, 0.1) is 6.54 Å². The van der Waals surface area contributed by atoms with E-state index in [1.54, 1.807) is 0 Å². The van der Waals surface area contributed by atoms with Gasteiger partial charge in [0.15, 0.2) is 0 Å². The third kappa shape index (κ3) is 4.45. The molecule has 6 heteroatoms. The number of fused-ring (bicyclic) bond motifs is 1. The normalized spacial score (nSPS) is 26.4. The summed E-state index contributed by atoms with van der Waals surface area (Å²) in [5.41, 5.74) is 0. The van der Waals surface area contributed by atoms with Crippen LogP contribution in [-0.4, -0.2) is 56.1 Å². The van der Waals surface area contributed by atoms with Crippen molar-refractivity contribution in [3.63, 3.8) is 0 Å². The predicted octanol–water partition coefficient (Wildman–Crippen LogP) is 0.00950. The highest BCUT2D eigenvalue weighted by atomic mass is 16.2. The maximum absolute atomic E-state index is 11.8. The second-order valence-corrected chi connectivity index (χ2v) is 6.35. The van der Waals surface area contributed by atoms with Crippen molar-refractivity contribution < 1.29 is 9.59 Å². The molecule has 2 saturated heterocycles. The molecule has 0 aromatic heterocycles. The molecule has 20 heavy (non-hydrogen) atoms. The summed E-state index contributed by atoms with van der Waals surface area (Å²) in [6, 6.07) is -0.388. The van der Waals surface area contributed by atoms with Crippen LogP contribution in [0.15, 0.2) is 0 Å². The van der Waals surface area contributed by atoms with Crippen LogP contribution in [0.5, 0.6) is 0 Å². The summed E-state index contributed by atoms with van der Waals surface area (Å²) in [6.45, 7) is 9.00. The lowest BCUT2D eigenvalue weighted by atomic mass is 9.89. The van der Waals surface area contributed by atoms with Crippen LogP contribution >= 0.6 is 0 Å². The molecule has 2 aliphatic heterocycles. The van der Waals surface area contributed by atoms with Crippen LogP contribution in [0.3, 0.4) is 0 Å². The van der Waals surface area contributed by atoms with Gasteiger partial charge in [0.25, 0.3) is 0 Å². The minimum Gasteiger partial charge on any atom is -0.338 e. The van der Waals surface area contributed by atoms with Gasteiger partial charge in [0.2, 0.25) is 5.91 Å². The molecular weight excluding hydrogens is 256 g/mol. The first-order chi connectivity index (χ1) is 9.54. The molecule has 2 aliphatic rings. The number of nitrogens with one attached hydrogen (secondary N) is 3. The Morgan fingerprint density at radius 2 is 2.05 bits per heavy atom. The van der Waals surface area contributed by atoms with Crippen molar-refractivity contribution in [2.45, 2.75) is 20.3 Å². The predicted molar refractivity (Wildman–Crippen MR) is 77.3 cm³/mol. The molecule has 0 saturated carbocycles. The molecule has 0 aromatic rings. The Morgan fingerprint density at radius 3 is 2.80 bits per heavy atom. The number of carbonyl (C=O) groups is 2. The van der Waals surface area contributed by atoms with E-state index in [0.29, 0.717) is 24.9 Å². The average molecular weight is 282 g/mol. The van der Waals surface area contributed by atoms with Crippen molar-refractivity contribution in [3.05, 3.63) is 0 Å².